The van der Waals surface area contributed by atoms with Gasteiger partial charge in [0.05, 0.1) is 18.1 Å². The molecule has 1 aromatic heterocycles. The lowest BCUT2D eigenvalue weighted by Gasteiger charge is -2.25. The molecular weight excluding hydrogens is 420 g/mol. The first-order chi connectivity index (χ1) is 14.8. The molecule has 9 nitrogen and oxygen atoms in total. The minimum atomic E-state index is -3.84. The van der Waals surface area contributed by atoms with Crippen LogP contribution in [0.25, 0.3) is 11.4 Å². The van der Waals surface area contributed by atoms with Gasteiger partial charge < -0.3 is 14.2 Å². The molecule has 0 saturated carbocycles. The van der Waals surface area contributed by atoms with Gasteiger partial charge in [-0.15, -0.1) is 0 Å². The fraction of sp³-hybridized carbons (Fsp3) is 0.286. The SMILES string of the molecule is Cc1cccc(NS(=O)(=O)c2cc(-c3noc(C(=O)N4CCOCC4)n3)ccc2C)c1. The van der Waals surface area contributed by atoms with Crippen molar-refractivity contribution in [1.82, 2.24) is 15.0 Å². The number of aromatic nitrogens is 2. The van der Waals surface area contributed by atoms with Gasteiger partial charge in [-0.05, 0) is 43.2 Å². The Morgan fingerprint density at radius 2 is 1.87 bits per heavy atom. The minimum Gasteiger partial charge on any atom is -0.378 e. The molecule has 0 aliphatic carbocycles. The van der Waals surface area contributed by atoms with Crippen LogP contribution in [-0.4, -0.2) is 55.7 Å². The number of benzene rings is 2. The summed E-state index contributed by atoms with van der Waals surface area (Å²) >= 11 is 0. The molecule has 1 amide bonds. The van der Waals surface area contributed by atoms with Crippen molar-refractivity contribution in [3.63, 3.8) is 0 Å². The molecule has 0 radical (unpaired) electrons. The van der Waals surface area contributed by atoms with Crippen LogP contribution < -0.4 is 4.72 Å². The van der Waals surface area contributed by atoms with Gasteiger partial charge in [0, 0.05) is 24.3 Å². The number of sulfonamides is 1. The number of aryl methyl sites for hydroxylation is 2. The summed E-state index contributed by atoms with van der Waals surface area (Å²) in [6.07, 6.45) is 0. The van der Waals surface area contributed by atoms with Gasteiger partial charge in [-0.3, -0.25) is 9.52 Å². The molecule has 0 unspecified atom stereocenters. The van der Waals surface area contributed by atoms with Gasteiger partial charge >= 0.3 is 11.8 Å². The van der Waals surface area contributed by atoms with Gasteiger partial charge in [0.25, 0.3) is 10.0 Å². The number of nitrogens with zero attached hydrogens (tertiary/aromatic N) is 3. The minimum absolute atomic E-state index is 0.0948. The number of rotatable bonds is 5. The number of anilines is 1. The molecule has 1 aliphatic rings. The predicted molar refractivity (Wildman–Crippen MR) is 113 cm³/mol. The Morgan fingerprint density at radius 1 is 1.10 bits per heavy atom. The second kappa shape index (κ2) is 8.48. The highest BCUT2D eigenvalue weighted by molar-refractivity contribution is 7.92. The maximum atomic E-state index is 13.0. The van der Waals surface area contributed by atoms with Crippen molar-refractivity contribution >= 4 is 21.6 Å². The molecule has 2 aromatic carbocycles. The van der Waals surface area contributed by atoms with Gasteiger partial charge in [-0.2, -0.15) is 4.98 Å². The van der Waals surface area contributed by atoms with E-state index in [9.17, 15) is 13.2 Å². The number of hydrogen-bond donors (Lipinski definition) is 1. The van der Waals surface area contributed by atoms with Crippen LogP contribution in [0.1, 0.15) is 21.8 Å². The molecular formula is C21H22N4O5S. The van der Waals surface area contributed by atoms with Crippen LogP contribution in [0.5, 0.6) is 0 Å². The van der Waals surface area contributed by atoms with Crippen LogP contribution in [0.2, 0.25) is 0 Å². The summed E-state index contributed by atoms with van der Waals surface area (Å²) in [7, 11) is -3.84. The van der Waals surface area contributed by atoms with Crippen molar-refractivity contribution in [2.75, 3.05) is 31.0 Å². The summed E-state index contributed by atoms with van der Waals surface area (Å²) in [6.45, 7) is 5.41. The lowest BCUT2D eigenvalue weighted by Crippen LogP contribution is -2.40. The molecule has 4 rings (SSSR count). The first-order valence-corrected chi connectivity index (χ1v) is 11.2. The van der Waals surface area contributed by atoms with E-state index in [1.165, 1.54) is 6.07 Å². The highest BCUT2D eigenvalue weighted by Crippen LogP contribution is 2.25. The number of ether oxygens (including phenoxy) is 1. The molecule has 1 aliphatic heterocycles. The van der Waals surface area contributed by atoms with Gasteiger partial charge in [0.15, 0.2) is 0 Å². The van der Waals surface area contributed by atoms with E-state index in [1.54, 1.807) is 42.2 Å². The smallest absolute Gasteiger partial charge is 0.316 e. The number of carbonyl (C=O) groups excluding carboxylic acids is 1. The average molecular weight is 442 g/mol. The van der Waals surface area contributed by atoms with Gasteiger partial charge in [0.2, 0.25) is 5.82 Å². The van der Waals surface area contributed by atoms with E-state index >= 15 is 0 Å². The second-order valence-electron chi connectivity index (χ2n) is 7.28. The van der Waals surface area contributed by atoms with Crippen molar-refractivity contribution < 1.29 is 22.5 Å². The molecule has 2 heterocycles. The number of amides is 1. The quantitative estimate of drug-likeness (QED) is 0.646. The Labute approximate surface area is 180 Å². The lowest BCUT2D eigenvalue weighted by molar-refractivity contribution is 0.0272. The summed E-state index contributed by atoms with van der Waals surface area (Å²) in [6, 6.07) is 11.9. The predicted octanol–water partition coefficient (Wildman–Crippen LogP) is 2.63. The molecule has 3 aromatic rings. The average Bonchev–Trinajstić information content (AvgIpc) is 3.24. The summed E-state index contributed by atoms with van der Waals surface area (Å²) in [5.41, 5.74) is 2.41. The maximum absolute atomic E-state index is 13.0. The van der Waals surface area contributed by atoms with Crippen LogP contribution in [0, 0.1) is 13.8 Å². The standard InChI is InChI=1S/C21H22N4O5S/c1-14-4-3-5-17(12-14)24-31(27,28)18-13-16(7-6-15(18)2)19-22-20(30-23-19)21(26)25-8-10-29-11-9-25/h3-7,12-13,24H,8-11H2,1-2H3. The van der Waals surface area contributed by atoms with Crippen LogP contribution in [0.3, 0.4) is 0 Å². The Bertz CT molecular complexity index is 1220. The van der Waals surface area contributed by atoms with Crippen LogP contribution in [-0.2, 0) is 14.8 Å². The Morgan fingerprint density at radius 3 is 2.61 bits per heavy atom. The third kappa shape index (κ3) is 4.59. The Kier molecular flexibility index (Phi) is 5.75. The third-order valence-electron chi connectivity index (χ3n) is 4.91. The fourth-order valence-electron chi connectivity index (χ4n) is 3.28. The topological polar surface area (TPSA) is 115 Å². The molecule has 1 N–H and O–H groups in total. The van der Waals surface area contributed by atoms with E-state index in [-0.39, 0.29) is 22.5 Å². The highest BCUT2D eigenvalue weighted by atomic mass is 32.2. The van der Waals surface area contributed by atoms with Crippen LogP contribution in [0.15, 0.2) is 51.9 Å². The van der Waals surface area contributed by atoms with Crippen molar-refractivity contribution in [2.24, 2.45) is 0 Å². The Balaban J connectivity index is 1.61. The molecule has 0 spiro atoms. The number of nitrogens with one attached hydrogen (secondary N) is 1. The van der Waals surface area contributed by atoms with E-state index in [0.29, 0.717) is 43.1 Å². The first-order valence-electron chi connectivity index (χ1n) is 9.75. The zero-order valence-corrected chi connectivity index (χ0v) is 18.0. The van der Waals surface area contributed by atoms with Crippen molar-refractivity contribution in [1.29, 1.82) is 0 Å². The zero-order valence-electron chi connectivity index (χ0n) is 17.2. The van der Waals surface area contributed by atoms with Crippen molar-refractivity contribution in [3.8, 4) is 11.4 Å². The van der Waals surface area contributed by atoms with Crippen LogP contribution in [0.4, 0.5) is 5.69 Å². The number of hydrogen-bond acceptors (Lipinski definition) is 7. The first kappa shape index (κ1) is 21.0. The van der Waals surface area contributed by atoms with E-state index < -0.39 is 10.0 Å². The number of morpholine rings is 1. The van der Waals surface area contributed by atoms with Gasteiger partial charge in [-0.1, -0.05) is 29.4 Å². The van der Waals surface area contributed by atoms with Crippen LogP contribution >= 0.6 is 0 Å². The molecule has 1 fully saturated rings. The Hall–Kier alpha value is -3.24. The highest BCUT2D eigenvalue weighted by Gasteiger charge is 2.25. The van der Waals surface area contributed by atoms with Crippen molar-refractivity contribution in [2.45, 2.75) is 18.7 Å². The maximum Gasteiger partial charge on any atom is 0.316 e. The largest absolute Gasteiger partial charge is 0.378 e. The van der Waals surface area contributed by atoms with Gasteiger partial charge in [-0.25, -0.2) is 8.42 Å². The molecule has 0 bridgehead atoms. The lowest BCUT2D eigenvalue weighted by atomic mass is 10.1. The molecule has 0 atom stereocenters. The molecule has 1 saturated heterocycles. The van der Waals surface area contributed by atoms with Gasteiger partial charge in [0.1, 0.15) is 0 Å². The molecule has 31 heavy (non-hydrogen) atoms. The summed E-state index contributed by atoms with van der Waals surface area (Å²) in [4.78, 5) is 18.4. The third-order valence-corrected chi connectivity index (χ3v) is 6.44. The van der Waals surface area contributed by atoms with E-state index in [2.05, 4.69) is 14.9 Å². The monoisotopic (exact) mass is 442 g/mol. The van der Waals surface area contributed by atoms with E-state index in [1.807, 2.05) is 13.0 Å². The van der Waals surface area contributed by atoms with E-state index in [4.69, 9.17) is 9.26 Å². The van der Waals surface area contributed by atoms with Crippen molar-refractivity contribution in [3.05, 3.63) is 59.5 Å². The summed E-state index contributed by atoms with van der Waals surface area (Å²) in [5.74, 6) is -0.369. The number of carbonyl (C=O) groups is 1. The second-order valence-corrected chi connectivity index (χ2v) is 8.93. The van der Waals surface area contributed by atoms with E-state index in [0.717, 1.165) is 5.56 Å². The summed E-state index contributed by atoms with van der Waals surface area (Å²) < 4.78 is 39.0. The zero-order chi connectivity index (χ0) is 22.0. The summed E-state index contributed by atoms with van der Waals surface area (Å²) in [5, 5.41) is 3.87. The fourth-order valence-corrected chi connectivity index (χ4v) is 4.60. The molecule has 162 valence electrons. The normalized spacial score (nSPS) is 14.5. The molecule has 10 heteroatoms.